The third-order valence-electron chi connectivity index (χ3n) is 3.69. The van der Waals surface area contributed by atoms with E-state index in [0.29, 0.717) is 9.66 Å². The lowest BCUT2D eigenvalue weighted by Gasteiger charge is -2.19. The molecule has 4 atom stereocenters. The molecule has 0 spiro atoms. The van der Waals surface area contributed by atoms with Gasteiger partial charge in [-0.15, -0.1) is 0 Å². The molecule has 5 nitrogen and oxygen atoms in total. The van der Waals surface area contributed by atoms with Crippen molar-refractivity contribution in [1.29, 1.82) is 0 Å². The number of nitrogens with zero attached hydrogens (tertiary/aromatic N) is 1. The SMILES string of the molecule is OC[C@H]1O[C@@H](n2ccc3ccc(Cl)cc3c2=S)[C@H](O)[C@@H]1O. The molecule has 3 rings (SSSR count). The number of rotatable bonds is 2. The molecule has 1 aliphatic rings. The van der Waals surface area contributed by atoms with Crippen molar-refractivity contribution in [3.63, 3.8) is 0 Å². The molecule has 21 heavy (non-hydrogen) atoms. The van der Waals surface area contributed by atoms with Gasteiger partial charge in [-0.1, -0.05) is 29.9 Å². The summed E-state index contributed by atoms with van der Waals surface area (Å²) in [5.41, 5.74) is 0. The Balaban J connectivity index is 2.09. The lowest BCUT2D eigenvalue weighted by atomic mass is 10.1. The zero-order valence-corrected chi connectivity index (χ0v) is 12.5. The molecule has 1 aromatic heterocycles. The average molecular weight is 328 g/mol. The van der Waals surface area contributed by atoms with Crippen LogP contribution in [0.25, 0.3) is 10.8 Å². The molecule has 1 aromatic carbocycles. The van der Waals surface area contributed by atoms with Gasteiger partial charge in [-0.25, -0.2) is 0 Å². The molecule has 0 radical (unpaired) electrons. The standard InChI is InChI=1S/C14H14ClNO4S/c15-8-2-1-7-3-4-16(14(21)9(7)5-8)13-12(19)11(18)10(6-17)20-13/h1-5,10-13,17-19H,6H2/t10-,11-,12-,13-/m1/s1. The van der Waals surface area contributed by atoms with Gasteiger partial charge in [0.1, 0.15) is 23.0 Å². The summed E-state index contributed by atoms with van der Waals surface area (Å²) in [6, 6.07) is 7.21. The maximum absolute atomic E-state index is 10.1. The van der Waals surface area contributed by atoms with Gasteiger partial charge in [-0.3, -0.25) is 0 Å². The number of halogens is 1. The third kappa shape index (κ3) is 2.48. The van der Waals surface area contributed by atoms with Gasteiger partial charge in [0.2, 0.25) is 0 Å². The Morgan fingerprint density at radius 1 is 1.24 bits per heavy atom. The maximum atomic E-state index is 10.1. The van der Waals surface area contributed by atoms with Gasteiger partial charge in [0.25, 0.3) is 0 Å². The molecule has 0 aliphatic carbocycles. The molecular weight excluding hydrogens is 314 g/mol. The van der Waals surface area contributed by atoms with Crippen molar-refractivity contribution in [1.82, 2.24) is 4.57 Å². The molecule has 1 saturated heterocycles. The van der Waals surface area contributed by atoms with E-state index in [9.17, 15) is 10.2 Å². The minimum Gasteiger partial charge on any atom is -0.394 e. The normalized spacial score (nSPS) is 29.1. The maximum Gasteiger partial charge on any atom is 0.163 e. The van der Waals surface area contributed by atoms with E-state index in [4.69, 9.17) is 33.7 Å². The fraction of sp³-hybridized carbons (Fsp3) is 0.357. The first-order valence-electron chi connectivity index (χ1n) is 6.46. The summed E-state index contributed by atoms with van der Waals surface area (Å²) in [4.78, 5) is 0. The fourth-order valence-electron chi connectivity index (χ4n) is 2.54. The van der Waals surface area contributed by atoms with Crippen LogP contribution in [0.3, 0.4) is 0 Å². The van der Waals surface area contributed by atoms with E-state index in [2.05, 4.69) is 0 Å². The Labute approximate surface area is 131 Å². The number of benzene rings is 1. The molecule has 0 amide bonds. The number of hydrogen-bond acceptors (Lipinski definition) is 5. The molecule has 2 aromatic rings. The Morgan fingerprint density at radius 2 is 2.00 bits per heavy atom. The zero-order valence-electron chi connectivity index (χ0n) is 10.9. The lowest BCUT2D eigenvalue weighted by molar-refractivity contribution is -0.0533. The number of fused-ring (bicyclic) bond motifs is 1. The van der Waals surface area contributed by atoms with Crippen LogP contribution in [0, 0.1) is 4.64 Å². The largest absolute Gasteiger partial charge is 0.394 e. The highest BCUT2D eigenvalue weighted by Crippen LogP contribution is 2.31. The van der Waals surface area contributed by atoms with E-state index < -0.39 is 24.5 Å². The number of aliphatic hydroxyl groups is 3. The molecule has 0 bridgehead atoms. The minimum atomic E-state index is -1.16. The summed E-state index contributed by atoms with van der Waals surface area (Å²) in [6.45, 7) is -0.374. The first-order chi connectivity index (χ1) is 10.0. The van der Waals surface area contributed by atoms with E-state index in [-0.39, 0.29) is 6.61 Å². The topological polar surface area (TPSA) is 74.9 Å². The summed E-state index contributed by atoms with van der Waals surface area (Å²) in [5.74, 6) is 0. The van der Waals surface area contributed by atoms with Crippen molar-refractivity contribution in [2.45, 2.75) is 24.5 Å². The van der Waals surface area contributed by atoms with E-state index >= 15 is 0 Å². The van der Waals surface area contributed by atoms with Crippen LogP contribution in [0.2, 0.25) is 5.02 Å². The van der Waals surface area contributed by atoms with Crippen molar-refractivity contribution in [3.05, 3.63) is 40.1 Å². The van der Waals surface area contributed by atoms with Crippen LogP contribution in [0.4, 0.5) is 0 Å². The molecule has 1 fully saturated rings. The van der Waals surface area contributed by atoms with Crippen LogP contribution in [0.1, 0.15) is 6.23 Å². The molecule has 7 heteroatoms. The number of aromatic nitrogens is 1. The Kier molecular flexibility index (Phi) is 4.00. The second-order valence-corrected chi connectivity index (χ2v) is 5.81. The van der Waals surface area contributed by atoms with E-state index in [0.717, 1.165) is 10.8 Å². The van der Waals surface area contributed by atoms with Crippen molar-refractivity contribution < 1.29 is 20.1 Å². The lowest BCUT2D eigenvalue weighted by Crippen LogP contribution is -2.33. The average Bonchev–Trinajstić information content (AvgIpc) is 2.76. The summed E-state index contributed by atoms with van der Waals surface area (Å²) in [5, 5.41) is 31.3. The van der Waals surface area contributed by atoms with Crippen molar-refractivity contribution in [3.8, 4) is 0 Å². The summed E-state index contributed by atoms with van der Waals surface area (Å²) < 4.78 is 7.51. The summed E-state index contributed by atoms with van der Waals surface area (Å²) in [6.07, 6.45) is -2.30. The molecule has 0 unspecified atom stereocenters. The van der Waals surface area contributed by atoms with E-state index in [1.54, 1.807) is 22.9 Å². The van der Waals surface area contributed by atoms with Crippen LogP contribution >= 0.6 is 23.8 Å². The highest BCUT2D eigenvalue weighted by molar-refractivity contribution is 7.71. The van der Waals surface area contributed by atoms with Crippen molar-refractivity contribution >= 4 is 34.6 Å². The van der Waals surface area contributed by atoms with Gasteiger partial charge in [0, 0.05) is 16.6 Å². The van der Waals surface area contributed by atoms with Crippen molar-refractivity contribution in [2.75, 3.05) is 6.61 Å². The number of hydrogen-bond donors (Lipinski definition) is 3. The second-order valence-electron chi connectivity index (χ2n) is 4.99. The van der Waals surface area contributed by atoms with Gasteiger partial charge >= 0.3 is 0 Å². The quantitative estimate of drug-likeness (QED) is 0.731. The Hall–Kier alpha value is -1.02. The molecule has 112 valence electrons. The van der Waals surface area contributed by atoms with Gasteiger partial charge in [0.15, 0.2) is 6.23 Å². The predicted octanol–water partition coefficient (Wildman–Crippen LogP) is 1.64. The minimum absolute atomic E-state index is 0.374. The first-order valence-corrected chi connectivity index (χ1v) is 7.24. The number of ether oxygens (including phenoxy) is 1. The predicted molar refractivity (Wildman–Crippen MR) is 80.8 cm³/mol. The summed E-state index contributed by atoms with van der Waals surface area (Å²) in [7, 11) is 0. The second kappa shape index (κ2) is 5.64. The van der Waals surface area contributed by atoms with Crippen LogP contribution in [-0.2, 0) is 4.74 Å². The van der Waals surface area contributed by atoms with Crippen LogP contribution in [0.5, 0.6) is 0 Å². The molecule has 3 N–H and O–H groups in total. The Morgan fingerprint density at radius 3 is 2.67 bits per heavy atom. The zero-order chi connectivity index (χ0) is 15.1. The molecule has 2 heterocycles. The molecule has 0 saturated carbocycles. The molecule has 1 aliphatic heterocycles. The van der Waals surface area contributed by atoms with Gasteiger partial charge in [-0.2, -0.15) is 0 Å². The van der Waals surface area contributed by atoms with Crippen LogP contribution in [-0.4, -0.2) is 44.8 Å². The summed E-state index contributed by atoms with van der Waals surface area (Å²) >= 11 is 11.4. The number of aliphatic hydroxyl groups excluding tert-OH is 3. The monoisotopic (exact) mass is 327 g/mol. The Bertz CT molecular complexity index is 734. The third-order valence-corrected chi connectivity index (χ3v) is 4.35. The van der Waals surface area contributed by atoms with Gasteiger partial charge < -0.3 is 24.6 Å². The molecular formula is C14H14ClNO4S. The highest BCUT2D eigenvalue weighted by Gasteiger charge is 2.43. The van der Waals surface area contributed by atoms with Gasteiger partial charge in [0.05, 0.1) is 6.61 Å². The van der Waals surface area contributed by atoms with Crippen LogP contribution < -0.4 is 0 Å². The van der Waals surface area contributed by atoms with E-state index in [1.807, 2.05) is 12.1 Å². The number of pyridine rings is 1. The highest BCUT2D eigenvalue weighted by atomic mass is 35.5. The smallest absolute Gasteiger partial charge is 0.163 e. The van der Waals surface area contributed by atoms with E-state index in [1.165, 1.54) is 0 Å². The van der Waals surface area contributed by atoms with Crippen LogP contribution in [0.15, 0.2) is 30.5 Å². The van der Waals surface area contributed by atoms with Crippen molar-refractivity contribution in [2.24, 2.45) is 0 Å². The fourth-order valence-corrected chi connectivity index (χ4v) is 3.05. The first kappa shape index (κ1) is 14.9. The van der Waals surface area contributed by atoms with Gasteiger partial charge in [-0.05, 0) is 23.6 Å².